The molecule has 152 valence electrons. The third kappa shape index (κ3) is 4.97. The van der Waals surface area contributed by atoms with E-state index in [2.05, 4.69) is 0 Å². The highest BCUT2D eigenvalue weighted by molar-refractivity contribution is 5.76. The van der Waals surface area contributed by atoms with Crippen molar-refractivity contribution in [2.75, 3.05) is 0 Å². The number of hydrogen-bond acceptors (Lipinski definition) is 4. The lowest BCUT2D eigenvalue weighted by Crippen LogP contribution is -2.63. The summed E-state index contributed by atoms with van der Waals surface area (Å²) in [5.41, 5.74) is 0. The zero-order valence-electron chi connectivity index (χ0n) is 10.8. The molecular formula is C7H4F13NO4. The maximum absolute atomic E-state index is 12.9. The second-order valence-electron chi connectivity index (χ2n) is 3.66. The zero-order chi connectivity index (χ0) is 20.0. The van der Waals surface area contributed by atoms with Crippen LogP contribution in [0.25, 0.3) is 0 Å². The van der Waals surface area contributed by atoms with Gasteiger partial charge in [0.15, 0.2) is 0 Å². The molecule has 1 atom stereocenters. The molecule has 0 aliphatic heterocycles. The normalized spacial score (nSPS) is 16.8. The van der Waals surface area contributed by atoms with Gasteiger partial charge in [-0.25, -0.2) is 9.53 Å². The molecule has 5 nitrogen and oxygen atoms in total. The van der Waals surface area contributed by atoms with Gasteiger partial charge in [0.1, 0.15) is 0 Å². The summed E-state index contributed by atoms with van der Waals surface area (Å²) >= 11 is 0. The lowest BCUT2D eigenvalue weighted by atomic mass is 10.2. The van der Waals surface area contributed by atoms with Crippen molar-refractivity contribution in [3.63, 3.8) is 0 Å². The van der Waals surface area contributed by atoms with Gasteiger partial charge in [0.2, 0.25) is 0 Å². The van der Waals surface area contributed by atoms with E-state index in [-0.39, 0.29) is 6.15 Å². The van der Waals surface area contributed by atoms with Gasteiger partial charge in [-0.15, -0.1) is 13.2 Å². The third-order valence-electron chi connectivity index (χ3n) is 1.88. The fraction of sp³-hybridized carbons (Fsp3) is 0.857. The first kappa shape index (κ1) is 25.7. The van der Waals surface area contributed by atoms with Crippen LogP contribution in [0.15, 0.2) is 0 Å². The number of hydrogen-bond donors (Lipinski definition) is 2. The van der Waals surface area contributed by atoms with Crippen LogP contribution in [0.5, 0.6) is 0 Å². The van der Waals surface area contributed by atoms with Crippen LogP contribution in [0.4, 0.5) is 57.1 Å². The molecule has 4 N–H and O–H groups in total. The van der Waals surface area contributed by atoms with Crippen molar-refractivity contribution in [3.8, 4) is 0 Å². The Bertz CT molecular complexity index is 486. The van der Waals surface area contributed by atoms with Gasteiger partial charge in [0.25, 0.3) is 0 Å². The summed E-state index contributed by atoms with van der Waals surface area (Å²) < 4.78 is 162. The minimum absolute atomic E-state index is 0. The molecule has 0 aromatic rings. The van der Waals surface area contributed by atoms with E-state index in [1.54, 1.807) is 4.74 Å². The molecule has 0 rings (SSSR count). The molecule has 0 aliphatic carbocycles. The molecule has 0 aliphatic rings. The number of alkyl halides is 13. The van der Waals surface area contributed by atoms with Crippen LogP contribution in [-0.4, -0.2) is 47.6 Å². The summed E-state index contributed by atoms with van der Waals surface area (Å²) in [6.07, 6.45) is -28.4. The molecule has 0 spiro atoms. The minimum Gasteiger partial charge on any atom is -0.477 e. The predicted molar refractivity (Wildman–Crippen MR) is 45.6 cm³/mol. The Morgan fingerprint density at radius 2 is 1.00 bits per heavy atom. The largest absolute Gasteiger partial charge is 0.527 e. The van der Waals surface area contributed by atoms with Gasteiger partial charge in [0, 0.05) is 0 Å². The molecule has 18 heteroatoms. The van der Waals surface area contributed by atoms with Crippen molar-refractivity contribution in [1.82, 2.24) is 6.15 Å². The first-order chi connectivity index (χ1) is 10.1. The summed E-state index contributed by atoms with van der Waals surface area (Å²) in [6.45, 7) is 0. The standard InChI is InChI=1S/C7HF13O4.H3N/c8-2(1(21)22,4(11,12)13)23-5(14,15)3(9,10)6(16,17)24-7(18,19)20;/h(H,21,22);1H3. The van der Waals surface area contributed by atoms with E-state index in [9.17, 15) is 61.9 Å². The van der Waals surface area contributed by atoms with Crippen LogP contribution in [-0.2, 0) is 14.3 Å². The molecule has 0 amide bonds. The Labute approximate surface area is 126 Å². The minimum atomic E-state index is -7.58. The molecule has 0 radical (unpaired) electrons. The fourth-order valence-electron chi connectivity index (χ4n) is 0.842. The molecule has 0 heterocycles. The van der Waals surface area contributed by atoms with Crippen molar-refractivity contribution in [2.24, 2.45) is 0 Å². The van der Waals surface area contributed by atoms with E-state index in [1.165, 1.54) is 4.74 Å². The van der Waals surface area contributed by atoms with Gasteiger partial charge < -0.3 is 11.3 Å². The van der Waals surface area contributed by atoms with Crippen molar-refractivity contribution in [3.05, 3.63) is 0 Å². The zero-order valence-corrected chi connectivity index (χ0v) is 10.8. The van der Waals surface area contributed by atoms with E-state index in [0.29, 0.717) is 0 Å². The fourth-order valence-corrected chi connectivity index (χ4v) is 0.842. The van der Waals surface area contributed by atoms with Crippen molar-refractivity contribution in [2.45, 2.75) is 36.5 Å². The van der Waals surface area contributed by atoms with Crippen molar-refractivity contribution < 1.29 is 76.5 Å². The van der Waals surface area contributed by atoms with Gasteiger partial charge in [-0.05, 0) is 0 Å². The van der Waals surface area contributed by atoms with Gasteiger partial charge in [0.05, 0.1) is 0 Å². The van der Waals surface area contributed by atoms with E-state index < -0.39 is 42.5 Å². The average Bonchev–Trinajstić information content (AvgIpc) is 2.22. The maximum Gasteiger partial charge on any atom is 0.527 e. The second kappa shape index (κ2) is 6.63. The Balaban J connectivity index is 0. The lowest BCUT2D eigenvalue weighted by Gasteiger charge is -2.35. The van der Waals surface area contributed by atoms with Gasteiger partial charge >= 0.3 is 42.5 Å². The summed E-state index contributed by atoms with van der Waals surface area (Å²) in [7, 11) is 0. The Morgan fingerprint density at radius 1 is 0.680 bits per heavy atom. The van der Waals surface area contributed by atoms with Crippen molar-refractivity contribution in [1.29, 1.82) is 0 Å². The monoisotopic (exact) mass is 413 g/mol. The smallest absolute Gasteiger partial charge is 0.477 e. The number of ether oxygens (including phenoxy) is 2. The number of carboxylic acids is 1. The highest BCUT2D eigenvalue weighted by Gasteiger charge is 2.81. The maximum atomic E-state index is 12.9. The molecular weight excluding hydrogens is 409 g/mol. The van der Waals surface area contributed by atoms with Gasteiger partial charge in [-0.3, -0.25) is 4.74 Å². The van der Waals surface area contributed by atoms with E-state index in [4.69, 9.17) is 5.11 Å². The summed E-state index contributed by atoms with van der Waals surface area (Å²) in [6, 6.07) is 0. The topological polar surface area (TPSA) is 90.8 Å². The molecule has 0 aromatic heterocycles. The second-order valence-corrected chi connectivity index (χ2v) is 3.66. The molecule has 1 unspecified atom stereocenters. The van der Waals surface area contributed by atoms with Crippen LogP contribution in [0.2, 0.25) is 0 Å². The SMILES string of the molecule is N.O=C(O)C(F)(OC(F)(F)C(F)(F)C(F)(F)OC(F)(F)F)C(F)(F)F. The number of halogens is 13. The molecule has 0 saturated heterocycles. The summed E-state index contributed by atoms with van der Waals surface area (Å²) in [5.74, 6) is -18.3. The molecule has 0 bridgehead atoms. The van der Waals surface area contributed by atoms with Crippen LogP contribution in [0.1, 0.15) is 0 Å². The van der Waals surface area contributed by atoms with E-state index in [1.807, 2.05) is 0 Å². The van der Waals surface area contributed by atoms with E-state index in [0.717, 1.165) is 0 Å². The Hall–Kier alpha value is -1.56. The quantitative estimate of drug-likeness (QED) is 0.646. The summed E-state index contributed by atoms with van der Waals surface area (Å²) in [5, 5.41) is 7.79. The van der Waals surface area contributed by atoms with Crippen LogP contribution < -0.4 is 6.15 Å². The van der Waals surface area contributed by atoms with Crippen LogP contribution >= 0.6 is 0 Å². The third-order valence-corrected chi connectivity index (χ3v) is 1.88. The number of carbonyl (C=O) groups is 1. The first-order valence-corrected chi connectivity index (χ1v) is 4.70. The number of aliphatic carboxylic acids is 1. The number of carboxylic acid groups (broad SMARTS) is 1. The highest BCUT2D eigenvalue weighted by atomic mass is 19.4. The molecule has 0 saturated carbocycles. The van der Waals surface area contributed by atoms with Gasteiger partial charge in [-0.1, -0.05) is 0 Å². The van der Waals surface area contributed by atoms with Crippen LogP contribution in [0, 0.1) is 0 Å². The van der Waals surface area contributed by atoms with E-state index >= 15 is 0 Å². The van der Waals surface area contributed by atoms with Gasteiger partial charge in [-0.2, -0.15) is 43.9 Å². The van der Waals surface area contributed by atoms with Crippen molar-refractivity contribution >= 4 is 5.97 Å². The Morgan fingerprint density at radius 3 is 1.24 bits per heavy atom. The average molecular weight is 413 g/mol. The first-order valence-electron chi connectivity index (χ1n) is 4.70. The lowest BCUT2D eigenvalue weighted by molar-refractivity contribution is -0.524. The number of rotatable bonds is 6. The molecule has 0 aromatic carbocycles. The molecule has 0 fully saturated rings. The highest BCUT2D eigenvalue weighted by Crippen LogP contribution is 2.52. The van der Waals surface area contributed by atoms with Crippen LogP contribution in [0.3, 0.4) is 0 Å². The summed E-state index contributed by atoms with van der Waals surface area (Å²) in [4.78, 5) is 9.95. The Kier molecular flexibility index (Phi) is 6.81. The molecule has 25 heavy (non-hydrogen) atoms. The predicted octanol–water partition coefficient (Wildman–Crippen LogP) is 3.83.